The quantitative estimate of drug-likeness (QED) is 0.528. The lowest BCUT2D eigenvalue weighted by Crippen LogP contribution is -2.41. The van der Waals surface area contributed by atoms with Crippen molar-refractivity contribution in [3.05, 3.63) is 44.0 Å². The predicted molar refractivity (Wildman–Crippen MR) is 104 cm³/mol. The lowest BCUT2D eigenvalue weighted by molar-refractivity contribution is 0.0848. The van der Waals surface area contributed by atoms with Crippen molar-refractivity contribution in [1.82, 2.24) is 15.8 Å². The van der Waals surface area contributed by atoms with E-state index in [4.69, 9.17) is 4.74 Å². The van der Waals surface area contributed by atoms with Crippen molar-refractivity contribution >= 4 is 50.9 Å². The topological polar surface area (TPSA) is 83.6 Å². The Hall–Kier alpha value is -1.72. The minimum Gasteiger partial charge on any atom is -0.378 e. The van der Waals surface area contributed by atoms with Gasteiger partial charge < -0.3 is 9.64 Å². The second-order valence-corrected chi connectivity index (χ2v) is 7.65. The van der Waals surface area contributed by atoms with Crippen LogP contribution in [0.4, 0.5) is 5.13 Å². The normalized spacial score (nSPS) is 14.2. The maximum atomic E-state index is 12.4. The fourth-order valence-corrected chi connectivity index (χ4v) is 3.70. The highest BCUT2D eigenvalue weighted by Crippen LogP contribution is 2.26. The molecule has 3 rings (SSSR count). The van der Waals surface area contributed by atoms with E-state index in [1.54, 1.807) is 19.1 Å². The fraction of sp³-hybridized carbons (Fsp3) is 0.312. The Bertz CT molecular complexity index is 772. The van der Waals surface area contributed by atoms with Crippen molar-refractivity contribution in [3.8, 4) is 0 Å². The third-order valence-corrected chi connectivity index (χ3v) is 5.61. The molecule has 1 saturated heterocycles. The van der Waals surface area contributed by atoms with Crippen molar-refractivity contribution in [2.24, 2.45) is 0 Å². The molecule has 0 radical (unpaired) electrons. The highest BCUT2D eigenvalue weighted by atomic mass is 127. The number of ether oxygens (including phenoxy) is 1. The van der Waals surface area contributed by atoms with Crippen LogP contribution in [-0.4, -0.2) is 43.1 Å². The Kier molecular flexibility index (Phi) is 5.86. The van der Waals surface area contributed by atoms with E-state index in [9.17, 15) is 9.59 Å². The summed E-state index contributed by atoms with van der Waals surface area (Å²) in [6.07, 6.45) is 0. The lowest BCUT2D eigenvalue weighted by Gasteiger charge is -2.25. The van der Waals surface area contributed by atoms with Crippen molar-refractivity contribution in [2.45, 2.75) is 6.92 Å². The molecule has 1 aromatic carbocycles. The SMILES string of the molecule is Cc1nc(N2CCOCC2)sc1C(=O)NNC(=O)c1ccc(I)cc1. The highest BCUT2D eigenvalue weighted by molar-refractivity contribution is 14.1. The Morgan fingerprint density at radius 3 is 2.48 bits per heavy atom. The number of hydrogen-bond donors (Lipinski definition) is 2. The number of carbonyl (C=O) groups excluding carboxylic acids is 2. The van der Waals surface area contributed by atoms with Crippen LogP contribution in [0.3, 0.4) is 0 Å². The third-order valence-electron chi connectivity index (χ3n) is 3.67. The molecule has 7 nitrogen and oxygen atoms in total. The van der Waals surface area contributed by atoms with E-state index in [0.717, 1.165) is 21.8 Å². The molecule has 2 aromatic rings. The van der Waals surface area contributed by atoms with Gasteiger partial charge in [-0.05, 0) is 53.8 Å². The first-order chi connectivity index (χ1) is 12.0. The average Bonchev–Trinajstić information content (AvgIpc) is 3.02. The summed E-state index contributed by atoms with van der Waals surface area (Å²) >= 11 is 3.48. The van der Waals surface area contributed by atoms with Crippen LogP contribution in [0.1, 0.15) is 25.7 Å². The first-order valence-electron chi connectivity index (χ1n) is 7.71. The Labute approximate surface area is 162 Å². The van der Waals surface area contributed by atoms with E-state index in [1.165, 1.54) is 11.3 Å². The van der Waals surface area contributed by atoms with E-state index >= 15 is 0 Å². The number of nitrogens with zero attached hydrogens (tertiary/aromatic N) is 2. The molecule has 2 heterocycles. The number of morpholine rings is 1. The number of nitrogens with one attached hydrogen (secondary N) is 2. The number of rotatable bonds is 3. The highest BCUT2D eigenvalue weighted by Gasteiger charge is 2.20. The average molecular weight is 472 g/mol. The first-order valence-corrected chi connectivity index (χ1v) is 9.60. The zero-order chi connectivity index (χ0) is 17.8. The van der Waals surface area contributed by atoms with Gasteiger partial charge in [-0.25, -0.2) is 4.98 Å². The Morgan fingerprint density at radius 2 is 1.80 bits per heavy atom. The van der Waals surface area contributed by atoms with E-state index in [2.05, 4.69) is 43.3 Å². The number of benzene rings is 1. The van der Waals surface area contributed by atoms with Gasteiger partial charge in [-0.1, -0.05) is 11.3 Å². The molecular weight excluding hydrogens is 455 g/mol. The third kappa shape index (κ3) is 4.47. The van der Waals surface area contributed by atoms with Gasteiger partial charge in [0.25, 0.3) is 11.8 Å². The number of amides is 2. The van der Waals surface area contributed by atoms with Crippen LogP contribution >= 0.6 is 33.9 Å². The summed E-state index contributed by atoms with van der Waals surface area (Å²) in [5.74, 6) is -0.728. The largest absolute Gasteiger partial charge is 0.378 e. The maximum absolute atomic E-state index is 12.4. The summed E-state index contributed by atoms with van der Waals surface area (Å²) in [6, 6.07) is 7.08. The van der Waals surface area contributed by atoms with E-state index in [-0.39, 0.29) is 11.8 Å². The van der Waals surface area contributed by atoms with Gasteiger partial charge in [-0.3, -0.25) is 20.4 Å². The van der Waals surface area contributed by atoms with Gasteiger partial charge in [0, 0.05) is 22.2 Å². The summed E-state index contributed by atoms with van der Waals surface area (Å²) in [5.41, 5.74) is 6.02. The molecule has 2 amide bonds. The summed E-state index contributed by atoms with van der Waals surface area (Å²) in [7, 11) is 0. The van der Waals surface area contributed by atoms with Crippen LogP contribution in [-0.2, 0) is 4.74 Å². The maximum Gasteiger partial charge on any atom is 0.281 e. The summed E-state index contributed by atoms with van der Waals surface area (Å²) in [5, 5.41) is 0.801. The minimum atomic E-state index is -0.367. The zero-order valence-corrected chi connectivity index (χ0v) is 16.5. The zero-order valence-electron chi connectivity index (χ0n) is 13.5. The molecule has 1 aliphatic rings. The van der Waals surface area contributed by atoms with E-state index in [0.29, 0.717) is 29.3 Å². The predicted octanol–water partition coefficient (Wildman–Crippen LogP) is 1.97. The van der Waals surface area contributed by atoms with Gasteiger partial charge in [0.05, 0.1) is 18.9 Å². The number of aryl methyl sites for hydroxylation is 1. The standard InChI is InChI=1S/C16H17IN4O3S/c1-10-13(25-16(18-10)21-6-8-24-9-7-21)15(23)20-19-14(22)11-2-4-12(17)5-3-11/h2-5H,6-9H2,1H3,(H,19,22)(H,20,23). The number of anilines is 1. The van der Waals surface area contributed by atoms with Gasteiger partial charge >= 0.3 is 0 Å². The van der Waals surface area contributed by atoms with Crippen LogP contribution < -0.4 is 15.8 Å². The first kappa shape index (κ1) is 18.1. The number of aromatic nitrogens is 1. The summed E-state index contributed by atoms with van der Waals surface area (Å²) in [6.45, 7) is 4.63. The van der Waals surface area contributed by atoms with Crippen LogP contribution in [0, 0.1) is 10.5 Å². The molecule has 1 fully saturated rings. The number of carbonyl (C=O) groups is 2. The molecule has 0 aliphatic carbocycles. The second kappa shape index (κ2) is 8.11. The summed E-state index contributed by atoms with van der Waals surface area (Å²) in [4.78, 5) is 31.5. The molecule has 2 N–H and O–H groups in total. The van der Waals surface area contributed by atoms with Crippen molar-refractivity contribution in [3.63, 3.8) is 0 Å². The van der Waals surface area contributed by atoms with Crippen molar-refractivity contribution < 1.29 is 14.3 Å². The minimum absolute atomic E-state index is 0.361. The lowest BCUT2D eigenvalue weighted by atomic mass is 10.2. The van der Waals surface area contributed by atoms with Crippen molar-refractivity contribution in [2.75, 3.05) is 31.2 Å². The van der Waals surface area contributed by atoms with Crippen LogP contribution in [0.5, 0.6) is 0 Å². The monoisotopic (exact) mass is 472 g/mol. The smallest absolute Gasteiger partial charge is 0.281 e. The Morgan fingerprint density at radius 1 is 1.16 bits per heavy atom. The van der Waals surface area contributed by atoms with Gasteiger partial charge in [0.2, 0.25) is 0 Å². The number of hydrazine groups is 1. The van der Waals surface area contributed by atoms with Gasteiger partial charge in [-0.15, -0.1) is 0 Å². The van der Waals surface area contributed by atoms with Crippen molar-refractivity contribution in [1.29, 1.82) is 0 Å². The Balaban J connectivity index is 1.62. The molecule has 25 heavy (non-hydrogen) atoms. The molecule has 1 aromatic heterocycles. The van der Waals surface area contributed by atoms with E-state index in [1.807, 2.05) is 12.1 Å². The molecule has 0 unspecified atom stereocenters. The molecule has 1 aliphatic heterocycles. The van der Waals surface area contributed by atoms with Crippen LogP contribution in [0.2, 0.25) is 0 Å². The van der Waals surface area contributed by atoms with Gasteiger partial charge in [-0.2, -0.15) is 0 Å². The van der Waals surface area contributed by atoms with Crippen LogP contribution in [0.15, 0.2) is 24.3 Å². The molecular formula is C16H17IN4O3S. The molecule has 9 heteroatoms. The number of thiazole rings is 1. The number of halogens is 1. The van der Waals surface area contributed by atoms with Gasteiger partial charge in [0.15, 0.2) is 5.13 Å². The molecule has 0 bridgehead atoms. The van der Waals surface area contributed by atoms with Crippen LogP contribution in [0.25, 0.3) is 0 Å². The molecule has 132 valence electrons. The fourth-order valence-electron chi connectivity index (χ4n) is 2.33. The van der Waals surface area contributed by atoms with Gasteiger partial charge in [0.1, 0.15) is 4.88 Å². The summed E-state index contributed by atoms with van der Waals surface area (Å²) < 4.78 is 6.36. The number of hydrogen-bond acceptors (Lipinski definition) is 6. The molecule has 0 saturated carbocycles. The second-order valence-electron chi connectivity index (χ2n) is 5.43. The molecule has 0 atom stereocenters. The molecule has 0 spiro atoms. The van der Waals surface area contributed by atoms with E-state index < -0.39 is 0 Å².